The Morgan fingerprint density at radius 3 is 3.09 bits per heavy atom. The maximum absolute atomic E-state index is 12.5. The van der Waals surface area contributed by atoms with E-state index < -0.39 is 0 Å². The van der Waals surface area contributed by atoms with Crippen LogP contribution in [0.3, 0.4) is 0 Å². The van der Waals surface area contributed by atoms with Gasteiger partial charge in [0.15, 0.2) is 0 Å². The van der Waals surface area contributed by atoms with Gasteiger partial charge in [0.2, 0.25) is 11.8 Å². The third-order valence-electron chi connectivity index (χ3n) is 4.69. The number of carbonyl (C=O) groups excluding carboxylic acids is 2. The molecule has 4 rings (SSSR count). The number of aromatic amines is 1. The first kappa shape index (κ1) is 13.3. The number of fused-ring (bicyclic) bond motifs is 2. The second-order valence-corrected chi connectivity index (χ2v) is 6.26. The van der Waals surface area contributed by atoms with Crippen LogP contribution in [0.1, 0.15) is 11.4 Å². The summed E-state index contributed by atoms with van der Waals surface area (Å²) < 4.78 is 0. The van der Waals surface area contributed by atoms with Gasteiger partial charge in [-0.15, -0.1) is 0 Å². The Balaban J connectivity index is 1.48. The number of likely N-dealkylation sites (tertiary alicyclic amines) is 1. The number of hydrogen-bond donors (Lipinski definition) is 2. The Labute approximate surface area is 127 Å². The first-order valence-electron chi connectivity index (χ1n) is 7.61. The zero-order valence-corrected chi connectivity index (χ0v) is 12.4. The SMILES string of the molecule is Cc1nc2ccc(CC(=O)N3C[C@@H]4CNC(=O)[C@@H]4C3)cc2[nH]1. The summed E-state index contributed by atoms with van der Waals surface area (Å²) in [7, 11) is 0. The highest BCUT2D eigenvalue weighted by Gasteiger charge is 2.43. The van der Waals surface area contributed by atoms with Crippen molar-refractivity contribution in [1.29, 1.82) is 0 Å². The molecule has 0 aliphatic carbocycles. The molecule has 0 unspecified atom stereocenters. The number of benzene rings is 1. The third-order valence-corrected chi connectivity index (χ3v) is 4.69. The minimum Gasteiger partial charge on any atom is -0.355 e. The lowest BCUT2D eigenvalue weighted by atomic mass is 10.0. The van der Waals surface area contributed by atoms with Crippen LogP contribution in [0, 0.1) is 18.8 Å². The molecule has 1 aromatic carbocycles. The van der Waals surface area contributed by atoms with Gasteiger partial charge >= 0.3 is 0 Å². The van der Waals surface area contributed by atoms with E-state index in [2.05, 4.69) is 15.3 Å². The Morgan fingerprint density at radius 1 is 1.41 bits per heavy atom. The Hall–Kier alpha value is -2.37. The van der Waals surface area contributed by atoms with Crippen molar-refractivity contribution >= 4 is 22.8 Å². The zero-order chi connectivity index (χ0) is 15.3. The molecule has 2 N–H and O–H groups in total. The van der Waals surface area contributed by atoms with Gasteiger partial charge in [0, 0.05) is 25.6 Å². The molecule has 0 bridgehead atoms. The number of imidazole rings is 1. The molecule has 0 radical (unpaired) electrons. The molecule has 2 fully saturated rings. The molecule has 2 aromatic rings. The quantitative estimate of drug-likeness (QED) is 0.853. The third kappa shape index (κ3) is 2.15. The van der Waals surface area contributed by atoms with E-state index in [1.54, 1.807) is 0 Å². The molecule has 6 heteroatoms. The highest BCUT2D eigenvalue weighted by atomic mass is 16.2. The summed E-state index contributed by atoms with van der Waals surface area (Å²) in [6, 6.07) is 5.87. The van der Waals surface area contributed by atoms with Crippen molar-refractivity contribution in [3.63, 3.8) is 0 Å². The lowest BCUT2D eigenvalue weighted by molar-refractivity contribution is -0.130. The molecule has 2 aliphatic rings. The maximum Gasteiger partial charge on any atom is 0.227 e. The molecule has 2 saturated heterocycles. The molecule has 22 heavy (non-hydrogen) atoms. The largest absolute Gasteiger partial charge is 0.355 e. The molecule has 6 nitrogen and oxygen atoms in total. The summed E-state index contributed by atoms with van der Waals surface area (Å²) in [5.74, 6) is 1.33. The van der Waals surface area contributed by atoms with Crippen LogP contribution in [0.4, 0.5) is 0 Å². The summed E-state index contributed by atoms with van der Waals surface area (Å²) >= 11 is 0. The minimum atomic E-state index is -0.0123. The summed E-state index contributed by atoms with van der Waals surface area (Å²) in [5.41, 5.74) is 2.85. The predicted octanol–water partition coefficient (Wildman–Crippen LogP) is 0.618. The summed E-state index contributed by atoms with van der Waals surface area (Å²) in [6.45, 7) is 3.86. The molecule has 114 valence electrons. The van der Waals surface area contributed by atoms with Crippen LogP contribution in [0.15, 0.2) is 18.2 Å². The Morgan fingerprint density at radius 2 is 2.27 bits per heavy atom. The number of rotatable bonds is 2. The van der Waals surface area contributed by atoms with E-state index in [9.17, 15) is 9.59 Å². The number of amides is 2. The fraction of sp³-hybridized carbons (Fsp3) is 0.438. The molecule has 2 atom stereocenters. The highest BCUT2D eigenvalue weighted by molar-refractivity contribution is 5.85. The van der Waals surface area contributed by atoms with E-state index >= 15 is 0 Å². The van der Waals surface area contributed by atoms with E-state index in [0.717, 1.165) is 22.4 Å². The smallest absolute Gasteiger partial charge is 0.227 e. The average molecular weight is 298 g/mol. The van der Waals surface area contributed by atoms with Crippen LogP contribution >= 0.6 is 0 Å². The van der Waals surface area contributed by atoms with Crippen molar-refractivity contribution in [2.24, 2.45) is 11.8 Å². The van der Waals surface area contributed by atoms with Crippen molar-refractivity contribution in [3.05, 3.63) is 29.6 Å². The van der Waals surface area contributed by atoms with Gasteiger partial charge < -0.3 is 15.2 Å². The van der Waals surface area contributed by atoms with Crippen LogP contribution < -0.4 is 5.32 Å². The van der Waals surface area contributed by atoms with Crippen molar-refractivity contribution < 1.29 is 9.59 Å². The Kier molecular flexibility index (Phi) is 2.92. The van der Waals surface area contributed by atoms with Crippen LogP contribution in [-0.2, 0) is 16.0 Å². The predicted molar refractivity (Wildman–Crippen MR) is 81.1 cm³/mol. The molecule has 0 spiro atoms. The fourth-order valence-electron chi connectivity index (χ4n) is 3.52. The van der Waals surface area contributed by atoms with Gasteiger partial charge in [-0.2, -0.15) is 0 Å². The van der Waals surface area contributed by atoms with Gasteiger partial charge in [0.05, 0.1) is 23.4 Å². The van der Waals surface area contributed by atoms with Crippen LogP contribution in [-0.4, -0.2) is 46.3 Å². The first-order chi connectivity index (χ1) is 10.6. The number of aryl methyl sites for hydroxylation is 1. The van der Waals surface area contributed by atoms with Crippen LogP contribution in [0.25, 0.3) is 11.0 Å². The fourth-order valence-corrected chi connectivity index (χ4v) is 3.52. The molecule has 2 aliphatic heterocycles. The number of H-pyrrole nitrogens is 1. The van der Waals surface area contributed by atoms with E-state index in [0.29, 0.717) is 26.1 Å². The molecule has 2 amide bonds. The highest BCUT2D eigenvalue weighted by Crippen LogP contribution is 2.27. The van der Waals surface area contributed by atoms with Crippen molar-refractivity contribution in [3.8, 4) is 0 Å². The molecular formula is C16H18N4O2. The van der Waals surface area contributed by atoms with Gasteiger partial charge in [0.25, 0.3) is 0 Å². The molecule has 0 saturated carbocycles. The molecule has 3 heterocycles. The summed E-state index contributed by atoms with van der Waals surface area (Å²) in [5, 5.41) is 2.87. The standard InChI is InChI=1S/C16H18N4O2/c1-9-18-13-3-2-10(4-14(13)19-9)5-15(21)20-7-11-6-17-16(22)12(11)8-20/h2-4,11-12H,5-8H2,1H3,(H,17,22)(H,18,19)/t11-,12+/m0/s1. The maximum atomic E-state index is 12.5. The summed E-state index contributed by atoms with van der Waals surface area (Å²) in [4.78, 5) is 33.5. The normalized spacial score (nSPS) is 23.9. The van der Waals surface area contributed by atoms with E-state index in [1.165, 1.54) is 0 Å². The van der Waals surface area contributed by atoms with Crippen molar-refractivity contribution in [1.82, 2.24) is 20.2 Å². The van der Waals surface area contributed by atoms with Gasteiger partial charge in [0.1, 0.15) is 5.82 Å². The minimum absolute atomic E-state index is 0.0123. The van der Waals surface area contributed by atoms with Crippen molar-refractivity contribution in [2.45, 2.75) is 13.3 Å². The van der Waals surface area contributed by atoms with Gasteiger partial charge in [-0.3, -0.25) is 9.59 Å². The average Bonchev–Trinajstić information content (AvgIpc) is 3.14. The second-order valence-electron chi connectivity index (χ2n) is 6.26. The van der Waals surface area contributed by atoms with Crippen LogP contribution in [0.2, 0.25) is 0 Å². The van der Waals surface area contributed by atoms with E-state index in [4.69, 9.17) is 0 Å². The van der Waals surface area contributed by atoms with E-state index in [1.807, 2.05) is 30.0 Å². The van der Waals surface area contributed by atoms with Gasteiger partial charge in [-0.25, -0.2) is 4.98 Å². The topological polar surface area (TPSA) is 78.1 Å². The van der Waals surface area contributed by atoms with Crippen molar-refractivity contribution in [2.75, 3.05) is 19.6 Å². The van der Waals surface area contributed by atoms with Gasteiger partial charge in [-0.05, 0) is 24.6 Å². The number of nitrogens with one attached hydrogen (secondary N) is 2. The Bertz CT molecular complexity index is 767. The van der Waals surface area contributed by atoms with Gasteiger partial charge in [-0.1, -0.05) is 6.07 Å². The lowest BCUT2D eigenvalue weighted by Gasteiger charge is -2.17. The molecule has 1 aromatic heterocycles. The van der Waals surface area contributed by atoms with E-state index in [-0.39, 0.29) is 23.7 Å². The number of carbonyl (C=O) groups is 2. The zero-order valence-electron chi connectivity index (χ0n) is 12.4. The number of nitrogens with zero attached hydrogens (tertiary/aromatic N) is 2. The first-order valence-corrected chi connectivity index (χ1v) is 7.61. The monoisotopic (exact) mass is 298 g/mol. The number of hydrogen-bond acceptors (Lipinski definition) is 3. The second kappa shape index (κ2) is 4.83. The summed E-state index contributed by atoms with van der Waals surface area (Å²) in [6.07, 6.45) is 0.370. The van der Waals surface area contributed by atoms with Crippen LogP contribution in [0.5, 0.6) is 0 Å². The lowest BCUT2D eigenvalue weighted by Crippen LogP contribution is -2.34. The number of aromatic nitrogens is 2. The molecular weight excluding hydrogens is 280 g/mol.